The topological polar surface area (TPSA) is 92.3 Å². The molecule has 0 heterocycles. The van der Waals surface area contributed by atoms with Crippen molar-refractivity contribution in [3.05, 3.63) is 36.4 Å². The SMILES string of the molecule is CCCCS(=O)(=O)Nc1ccc(S(=O)(=O)NCC2CC3C=CC2CC3)cc1. The Morgan fingerprint density at radius 1 is 1.04 bits per heavy atom. The summed E-state index contributed by atoms with van der Waals surface area (Å²) in [7, 11) is -7.00. The van der Waals surface area contributed by atoms with Gasteiger partial charge in [-0.2, -0.15) is 0 Å². The number of sulfonamides is 2. The van der Waals surface area contributed by atoms with Gasteiger partial charge in [0, 0.05) is 12.2 Å². The number of hydrogen-bond acceptors (Lipinski definition) is 4. The van der Waals surface area contributed by atoms with Crippen LogP contribution in [0.25, 0.3) is 0 Å². The molecule has 0 saturated heterocycles. The second-order valence-electron chi connectivity index (χ2n) is 7.53. The minimum absolute atomic E-state index is 0.0586. The Morgan fingerprint density at radius 3 is 2.33 bits per heavy atom. The molecule has 0 radical (unpaired) electrons. The summed E-state index contributed by atoms with van der Waals surface area (Å²) < 4.78 is 54.2. The van der Waals surface area contributed by atoms with Crippen LogP contribution in [0.15, 0.2) is 41.3 Å². The smallest absolute Gasteiger partial charge is 0.240 e. The van der Waals surface area contributed by atoms with Crippen LogP contribution in [0.1, 0.15) is 39.0 Å². The van der Waals surface area contributed by atoms with Gasteiger partial charge >= 0.3 is 0 Å². The Hall–Kier alpha value is -1.38. The third kappa shape index (κ3) is 5.33. The number of nitrogens with one attached hydrogen (secondary N) is 2. The van der Waals surface area contributed by atoms with E-state index in [1.165, 1.54) is 30.7 Å². The van der Waals surface area contributed by atoms with Crippen molar-refractivity contribution in [3.8, 4) is 0 Å². The van der Waals surface area contributed by atoms with E-state index in [9.17, 15) is 16.8 Å². The highest BCUT2D eigenvalue weighted by Gasteiger charge is 2.32. The molecular weight excluding hydrogens is 384 g/mol. The van der Waals surface area contributed by atoms with Crippen LogP contribution in [-0.2, 0) is 20.0 Å². The molecule has 1 aromatic carbocycles. The van der Waals surface area contributed by atoms with Crippen LogP contribution in [0.4, 0.5) is 5.69 Å². The van der Waals surface area contributed by atoms with Crippen molar-refractivity contribution in [1.82, 2.24) is 4.72 Å². The molecule has 2 N–H and O–H groups in total. The molecule has 0 aliphatic heterocycles. The first-order valence-electron chi connectivity index (χ1n) is 9.57. The molecule has 3 aliphatic carbocycles. The lowest BCUT2D eigenvalue weighted by Crippen LogP contribution is -2.37. The number of allylic oxidation sites excluding steroid dienone is 2. The summed E-state index contributed by atoms with van der Waals surface area (Å²) in [5.74, 6) is 1.47. The van der Waals surface area contributed by atoms with Crippen molar-refractivity contribution < 1.29 is 16.8 Å². The molecule has 0 spiro atoms. The van der Waals surface area contributed by atoms with Crippen molar-refractivity contribution >= 4 is 25.7 Å². The second-order valence-corrected chi connectivity index (χ2v) is 11.1. The molecule has 4 rings (SSSR count). The van der Waals surface area contributed by atoms with Gasteiger partial charge in [-0.15, -0.1) is 0 Å². The van der Waals surface area contributed by atoms with Gasteiger partial charge in [-0.05, 0) is 67.7 Å². The zero-order chi connectivity index (χ0) is 19.5. The fourth-order valence-corrected chi connectivity index (χ4v) is 6.21. The maximum Gasteiger partial charge on any atom is 0.240 e. The van der Waals surface area contributed by atoms with Crippen LogP contribution in [-0.4, -0.2) is 29.1 Å². The number of benzene rings is 1. The minimum Gasteiger partial charge on any atom is -0.284 e. The third-order valence-electron chi connectivity index (χ3n) is 5.45. The molecule has 27 heavy (non-hydrogen) atoms. The molecule has 8 heteroatoms. The lowest BCUT2D eigenvalue weighted by atomic mass is 9.69. The summed E-state index contributed by atoms with van der Waals surface area (Å²) >= 11 is 0. The summed E-state index contributed by atoms with van der Waals surface area (Å²) in [5, 5.41) is 0. The molecule has 2 bridgehead atoms. The molecule has 150 valence electrons. The average molecular weight is 413 g/mol. The predicted molar refractivity (Wildman–Crippen MR) is 107 cm³/mol. The third-order valence-corrected chi connectivity index (χ3v) is 8.26. The highest BCUT2D eigenvalue weighted by atomic mass is 32.2. The highest BCUT2D eigenvalue weighted by Crippen LogP contribution is 2.40. The minimum atomic E-state index is -3.60. The molecule has 0 aromatic heterocycles. The zero-order valence-electron chi connectivity index (χ0n) is 15.6. The van der Waals surface area contributed by atoms with E-state index in [-0.39, 0.29) is 10.6 Å². The highest BCUT2D eigenvalue weighted by molar-refractivity contribution is 7.92. The van der Waals surface area contributed by atoms with Gasteiger partial charge in [-0.25, -0.2) is 21.6 Å². The van der Waals surface area contributed by atoms with E-state index < -0.39 is 20.0 Å². The first kappa shape index (κ1) is 20.4. The van der Waals surface area contributed by atoms with E-state index in [1.54, 1.807) is 0 Å². The van der Waals surface area contributed by atoms with E-state index in [4.69, 9.17) is 0 Å². The fraction of sp³-hybridized carbons (Fsp3) is 0.579. The Labute approximate surface area is 162 Å². The van der Waals surface area contributed by atoms with Crippen LogP contribution in [0.5, 0.6) is 0 Å². The van der Waals surface area contributed by atoms with Crippen molar-refractivity contribution in [2.75, 3.05) is 17.0 Å². The van der Waals surface area contributed by atoms with Crippen molar-refractivity contribution in [2.24, 2.45) is 17.8 Å². The molecule has 3 unspecified atom stereocenters. The van der Waals surface area contributed by atoms with Crippen molar-refractivity contribution in [3.63, 3.8) is 0 Å². The maximum absolute atomic E-state index is 12.6. The summed E-state index contributed by atoms with van der Waals surface area (Å²) in [5.41, 5.74) is 0.375. The lowest BCUT2D eigenvalue weighted by molar-refractivity contribution is 0.222. The van der Waals surface area contributed by atoms with Crippen molar-refractivity contribution in [1.29, 1.82) is 0 Å². The number of unbranched alkanes of at least 4 members (excludes halogenated alkanes) is 1. The molecule has 6 nitrogen and oxygen atoms in total. The zero-order valence-corrected chi connectivity index (χ0v) is 17.2. The normalized spacial score (nSPS) is 24.9. The Balaban J connectivity index is 1.59. The van der Waals surface area contributed by atoms with Gasteiger partial charge in [0.15, 0.2) is 0 Å². The maximum atomic E-state index is 12.6. The van der Waals surface area contributed by atoms with E-state index in [0.29, 0.717) is 36.4 Å². The first-order valence-corrected chi connectivity index (χ1v) is 12.7. The molecule has 1 saturated carbocycles. The average Bonchev–Trinajstić information content (AvgIpc) is 2.66. The largest absolute Gasteiger partial charge is 0.284 e. The second kappa shape index (κ2) is 8.32. The van der Waals surface area contributed by atoms with Crippen molar-refractivity contribution in [2.45, 2.75) is 43.9 Å². The molecule has 3 aliphatic rings. The lowest BCUT2D eigenvalue weighted by Gasteiger charge is -2.38. The number of rotatable bonds is 9. The van der Waals surface area contributed by atoms with Gasteiger partial charge in [-0.3, -0.25) is 4.72 Å². The quantitative estimate of drug-likeness (QED) is 0.610. The van der Waals surface area contributed by atoms with Crippen LogP contribution >= 0.6 is 0 Å². The van der Waals surface area contributed by atoms with Crippen LogP contribution < -0.4 is 9.44 Å². The molecular formula is C19H28N2O4S2. The summed E-state index contributed by atoms with van der Waals surface area (Å²) in [6, 6.07) is 5.85. The number of anilines is 1. The summed E-state index contributed by atoms with van der Waals surface area (Å²) in [6.07, 6.45) is 9.27. The Kier molecular flexibility index (Phi) is 6.28. The number of fused-ring (bicyclic) bond motifs is 2. The van der Waals surface area contributed by atoms with Gasteiger partial charge in [0.2, 0.25) is 20.0 Å². The molecule has 1 aromatic rings. The van der Waals surface area contributed by atoms with E-state index in [0.717, 1.165) is 19.3 Å². The van der Waals surface area contributed by atoms with Crippen LogP contribution in [0.2, 0.25) is 0 Å². The van der Waals surface area contributed by atoms with Crippen LogP contribution in [0, 0.1) is 17.8 Å². The Morgan fingerprint density at radius 2 is 1.78 bits per heavy atom. The summed E-state index contributed by atoms with van der Waals surface area (Å²) in [4.78, 5) is 0.149. The molecule has 3 atom stereocenters. The first-order chi connectivity index (χ1) is 12.8. The van der Waals surface area contributed by atoms with E-state index in [2.05, 4.69) is 21.6 Å². The monoisotopic (exact) mass is 412 g/mol. The van der Waals surface area contributed by atoms with E-state index in [1.807, 2.05) is 6.92 Å². The van der Waals surface area contributed by atoms with Gasteiger partial charge in [0.1, 0.15) is 0 Å². The summed E-state index contributed by atoms with van der Waals surface area (Å²) in [6.45, 7) is 2.37. The van der Waals surface area contributed by atoms with Gasteiger partial charge in [-0.1, -0.05) is 25.5 Å². The molecule has 1 fully saturated rings. The van der Waals surface area contributed by atoms with Gasteiger partial charge < -0.3 is 0 Å². The molecule has 0 amide bonds. The predicted octanol–water partition coefficient (Wildman–Crippen LogP) is 3.11. The van der Waals surface area contributed by atoms with E-state index >= 15 is 0 Å². The van der Waals surface area contributed by atoms with Crippen LogP contribution in [0.3, 0.4) is 0 Å². The fourth-order valence-electron chi connectivity index (χ4n) is 3.85. The Bertz CT molecular complexity index is 877. The van der Waals surface area contributed by atoms with Gasteiger partial charge in [0.25, 0.3) is 0 Å². The number of hydrogen-bond donors (Lipinski definition) is 2. The van der Waals surface area contributed by atoms with Gasteiger partial charge in [0.05, 0.1) is 10.6 Å². The standard InChI is InChI=1S/C19H28N2O4S2/c1-2-3-12-26(22,23)21-18-8-10-19(11-9-18)27(24,25)20-14-17-13-15-4-6-16(17)7-5-15/h4,6,8-11,15-17,20-21H,2-3,5,7,12-14H2,1H3.